The van der Waals surface area contributed by atoms with Crippen molar-refractivity contribution in [3.05, 3.63) is 35.9 Å². The fraction of sp³-hybridized carbons (Fsp3) is 0.600. The largest absolute Gasteiger partial charge is 0.372 e. The minimum absolute atomic E-state index is 0.201. The third kappa shape index (κ3) is 2.53. The Morgan fingerprint density at radius 1 is 1.12 bits per heavy atom. The summed E-state index contributed by atoms with van der Waals surface area (Å²) >= 11 is 0. The molecule has 3 rings (SSSR count). The van der Waals surface area contributed by atoms with Crippen molar-refractivity contribution in [1.29, 1.82) is 0 Å². The van der Waals surface area contributed by atoms with Gasteiger partial charge in [0.2, 0.25) is 0 Å². The van der Waals surface area contributed by atoms with Crippen LogP contribution in [0.4, 0.5) is 0 Å². The zero-order valence-electron chi connectivity index (χ0n) is 10.4. The minimum atomic E-state index is 0.201. The van der Waals surface area contributed by atoms with Gasteiger partial charge in [0.05, 0.1) is 12.2 Å². The van der Waals surface area contributed by atoms with Crippen molar-refractivity contribution in [1.82, 2.24) is 4.90 Å². The van der Waals surface area contributed by atoms with Gasteiger partial charge in [0, 0.05) is 19.6 Å². The van der Waals surface area contributed by atoms with Gasteiger partial charge >= 0.3 is 0 Å². The van der Waals surface area contributed by atoms with Crippen molar-refractivity contribution in [2.45, 2.75) is 37.8 Å². The lowest BCUT2D eigenvalue weighted by Crippen LogP contribution is -2.49. The Kier molecular flexibility index (Phi) is 3.17. The van der Waals surface area contributed by atoms with Gasteiger partial charge in [-0.25, -0.2) is 0 Å². The fourth-order valence-corrected chi connectivity index (χ4v) is 3.22. The Bertz CT molecular complexity index is 356. The lowest BCUT2D eigenvalue weighted by Gasteiger charge is -2.40. The van der Waals surface area contributed by atoms with E-state index in [9.17, 15) is 0 Å². The Morgan fingerprint density at radius 2 is 1.88 bits per heavy atom. The quantitative estimate of drug-likeness (QED) is 0.776. The van der Waals surface area contributed by atoms with Crippen molar-refractivity contribution < 1.29 is 4.74 Å². The molecule has 1 aromatic carbocycles. The molecule has 0 amide bonds. The average molecular weight is 231 g/mol. The summed E-state index contributed by atoms with van der Waals surface area (Å²) in [6.45, 7) is 4.19. The minimum Gasteiger partial charge on any atom is -0.372 e. The topological polar surface area (TPSA) is 12.5 Å². The van der Waals surface area contributed by atoms with E-state index in [0.717, 1.165) is 26.2 Å². The molecule has 0 atom stereocenters. The number of hydrogen-bond donors (Lipinski definition) is 0. The molecule has 2 heteroatoms. The second-order valence-corrected chi connectivity index (χ2v) is 5.43. The van der Waals surface area contributed by atoms with E-state index < -0.39 is 0 Å². The maximum Gasteiger partial charge on any atom is 0.0809 e. The fourth-order valence-electron chi connectivity index (χ4n) is 3.22. The predicted molar refractivity (Wildman–Crippen MR) is 68.9 cm³/mol. The van der Waals surface area contributed by atoms with Crippen molar-refractivity contribution in [2.24, 2.45) is 0 Å². The van der Waals surface area contributed by atoms with Crippen LogP contribution in [0.5, 0.6) is 0 Å². The zero-order valence-corrected chi connectivity index (χ0v) is 10.4. The molecule has 92 valence electrons. The van der Waals surface area contributed by atoms with Gasteiger partial charge in [-0.1, -0.05) is 43.2 Å². The van der Waals surface area contributed by atoms with Gasteiger partial charge in [-0.3, -0.25) is 4.90 Å². The molecule has 2 fully saturated rings. The number of nitrogens with zero attached hydrogens (tertiary/aromatic N) is 1. The van der Waals surface area contributed by atoms with Gasteiger partial charge < -0.3 is 4.74 Å². The van der Waals surface area contributed by atoms with Gasteiger partial charge in [0.1, 0.15) is 0 Å². The first-order valence-corrected chi connectivity index (χ1v) is 6.77. The maximum atomic E-state index is 6.05. The van der Waals surface area contributed by atoms with Gasteiger partial charge in [-0.15, -0.1) is 0 Å². The Labute approximate surface area is 104 Å². The van der Waals surface area contributed by atoms with Crippen molar-refractivity contribution in [3.63, 3.8) is 0 Å². The van der Waals surface area contributed by atoms with Crippen LogP contribution in [0.3, 0.4) is 0 Å². The first-order chi connectivity index (χ1) is 8.36. The van der Waals surface area contributed by atoms with E-state index in [1.165, 1.54) is 31.2 Å². The summed E-state index contributed by atoms with van der Waals surface area (Å²) in [4.78, 5) is 2.56. The molecule has 1 aliphatic heterocycles. The van der Waals surface area contributed by atoms with E-state index in [4.69, 9.17) is 4.74 Å². The molecule has 1 heterocycles. The smallest absolute Gasteiger partial charge is 0.0809 e. The van der Waals surface area contributed by atoms with Crippen LogP contribution in [-0.2, 0) is 11.3 Å². The van der Waals surface area contributed by atoms with Crippen LogP contribution in [0.25, 0.3) is 0 Å². The number of ether oxygens (including phenoxy) is 1. The molecule has 1 spiro atoms. The molecule has 1 saturated carbocycles. The second-order valence-electron chi connectivity index (χ2n) is 5.43. The highest BCUT2D eigenvalue weighted by molar-refractivity contribution is 5.14. The standard InChI is InChI=1S/C15H21NO/c1-2-6-14(7-3-1)12-16-10-11-17-15(13-16)8-4-5-9-15/h1-3,6-7H,4-5,8-13H2. The lowest BCUT2D eigenvalue weighted by molar-refractivity contribution is -0.107. The number of morpholine rings is 1. The summed E-state index contributed by atoms with van der Waals surface area (Å²) in [6, 6.07) is 10.8. The van der Waals surface area contributed by atoms with E-state index in [0.29, 0.717) is 0 Å². The van der Waals surface area contributed by atoms with Crippen LogP contribution in [0.15, 0.2) is 30.3 Å². The van der Waals surface area contributed by atoms with Crippen molar-refractivity contribution >= 4 is 0 Å². The van der Waals surface area contributed by atoms with Crippen LogP contribution in [0.2, 0.25) is 0 Å². The van der Waals surface area contributed by atoms with E-state index in [2.05, 4.69) is 35.2 Å². The molecule has 1 aromatic rings. The van der Waals surface area contributed by atoms with Crippen LogP contribution in [-0.4, -0.2) is 30.2 Å². The van der Waals surface area contributed by atoms with Crippen LogP contribution < -0.4 is 0 Å². The molecule has 0 N–H and O–H groups in total. The Hall–Kier alpha value is -0.860. The highest BCUT2D eigenvalue weighted by atomic mass is 16.5. The first-order valence-electron chi connectivity index (χ1n) is 6.77. The van der Waals surface area contributed by atoms with E-state index in [-0.39, 0.29) is 5.60 Å². The molecule has 0 aromatic heterocycles. The third-order valence-corrected chi connectivity index (χ3v) is 4.09. The monoisotopic (exact) mass is 231 g/mol. The molecule has 17 heavy (non-hydrogen) atoms. The van der Waals surface area contributed by atoms with Crippen LogP contribution >= 0.6 is 0 Å². The number of benzene rings is 1. The molecular weight excluding hydrogens is 210 g/mol. The predicted octanol–water partition coefficient (Wildman–Crippen LogP) is 2.83. The normalized spacial score (nSPS) is 24.2. The van der Waals surface area contributed by atoms with E-state index in [1.54, 1.807) is 0 Å². The highest BCUT2D eigenvalue weighted by Crippen LogP contribution is 2.36. The second kappa shape index (κ2) is 4.79. The summed E-state index contributed by atoms with van der Waals surface area (Å²) < 4.78 is 6.05. The van der Waals surface area contributed by atoms with Crippen LogP contribution in [0, 0.1) is 0 Å². The molecule has 1 aliphatic carbocycles. The Balaban J connectivity index is 1.64. The first kappa shape index (κ1) is 11.2. The van der Waals surface area contributed by atoms with Gasteiger partial charge in [-0.05, 0) is 18.4 Å². The molecule has 2 aliphatic rings. The average Bonchev–Trinajstić information content (AvgIpc) is 2.79. The summed E-state index contributed by atoms with van der Waals surface area (Å²) in [5, 5.41) is 0. The van der Waals surface area contributed by atoms with Crippen LogP contribution in [0.1, 0.15) is 31.2 Å². The number of rotatable bonds is 2. The van der Waals surface area contributed by atoms with E-state index in [1.807, 2.05) is 0 Å². The summed E-state index contributed by atoms with van der Waals surface area (Å²) in [5.74, 6) is 0. The zero-order chi connectivity index (χ0) is 11.6. The molecule has 0 unspecified atom stereocenters. The Morgan fingerprint density at radius 3 is 2.65 bits per heavy atom. The van der Waals surface area contributed by atoms with Crippen molar-refractivity contribution in [3.8, 4) is 0 Å². The summed E-state index contributed by atoms with van der Waals surface area (Å²) in [6.07, 6.45) is 5.22. The molecule has 0 radical (unpaired) electrons. The number of hydrogen-bond acceptors (Lipinski definition) is 2. The van der Waals surface area contributed by atoms with Gasteiger partial charge in [-0.2, -0.15) is 0 Å². The molecule has 2 nitrogen and oxygen atoms in total. The van der Waals surface area contributed by atoms with Crippen molar-refractivity contribution in [2.75, 3.05) is 19.7 Å². The van der Waals surface area contributed by atoms with Gasteiger partial charge in [0.25, 0.3) is 0 Å². The molecule has 0 bridgehead atoms. The molecule has 1 saturated heterocycles. The molecular formula is C15H21NO. The summed E-state index contributed by atoms with van der Waals surface area (Å²) in [5.41, 5.74) is 1.62. The van der Waals surface area contributed by atoms with Gasteiger partial charge in [0.15, 0.2) is 0 Å². The maximum absolute atomic E-state index is 6.05. The highest BCUT2D eigenvalue weighted by Gasteiger charge is 2.38. The summed E-state index contributed by atoms with van der Waals surface area (Å²) in [7, 11) is 0. The third-order valence-electron chi connectivity index (χ3n) is 4.09. The van der Waals surface area contributed by atoms with E-state index >= 15 is 0 Å². The SMILES string of the molecule is c1ccc(CN2CCOC3(CCCC3)C2)cc1. The lowest BCUT2D eigenvalue weighted by atomic mass is 9.99.